The smallest absolute Gasteiger partial charge is 0.324 e. The third kappa shape index (κ3) is 7.39. The van der Waals surface area contributed by atoms with Crippen LogP contribution in [0.4, 0.5) is 32.6 Å². The van der Waals surface area contributed by atoms with Crippen LogP contribution in [0, 0.1) is 6.92 Å². The summed E-state index contributed by atoms with van der Waals surface area (Å²) in [6.45, 7) is 8.28. The lowest BCUT2D eigenvalue weighted by Gasteiger charge is -2.15. The minimum atomic E-state index is -0.420. The molecule has 6 rings (SSSR count). The number of amides is 4. The fraction of sp³-hybridized carbons (Fsp3) is 0.135. The predicted octanol–water partition coefficient (Wildman–Crippen LogP) is 9.11. The highest BCUT2D eigenvalue weighted by Crippen LogP contribution is 2.35. The molecule has 2 heterocycles. The first-order chi connectivity index (χ1) is 22.6. The van der Waals surface area contributed by atoms with Crippen LogP contribution in [0.15, 0.2) is 115 Å². The molecule has 0 fully saturated rings. The molecule has 0 saturated carbocycles. The van der Waals surface area contributed by atoms with Crippen LogP contribution in [0.2, 0.25) is 0 Å². The lowest BCUT2D eigenvalue weighted by molar-refractivity contribution is 0.261. The minimum Gasteiger partial charge on any atom is -0.457 e. The summed E-state index contributed by atoms with van der Waals surface area (Å²) in [6, 6.07) is 32.8. The first-order valence-electron chi connectivity index (χ1n) is 15.2. The van der Waals surface area contributed by atoms with Crippen molar-refractivity contribution < 1.29 is 14.3 Å². The molecular weight excluding hydrogens is 590 g/mol. The lowest BCUT2D eigenvalue weighted by Crippen LogP contribution is -2.21. The average molecular weight is 626 g/mol. The van der Waals surface area contributed by atoms with Crippen LogP contribution >= 0.6 is 0 Å². The largest absolute Gasteiger partial charge is 0.457 e. The van der Waals surface area contributed by atoms with Gasteiger partial charge in [0, 0.05) is 40.2 Å². The van der Waals surface area contributed by atoms with E-state index in [-0.39, 0.29) is 5.41 Å². The minimum absolute atomic E-state index is 0.213. The highest BCUT2D eigenvalue weighted by Gasteiger charge is 2.22. The van der Waals surface area contributed by atoms with Gasteiger partial charge in [-0.05, 0) is 49.4 Å². The number of rotatable bonds is 7. The molecule has 0 aliphatic heterocycles. The molecule has 6 aromatic rings. The van der Waals surface area contributed by atoms with Crippen LogP contribution in [0.3, 0.4) is 0 Å². The fourth-order valence-corrected chi connectivity index (χ4v) is 4.93. The van der Waals surface area contributed by atoms with Crippen LogP contribution in [-0.4, -0.2) is 26.8 Å². The highest BCUT2D eigenvalue weighted by atomic mass is 16.5. The molecule has 4 N–H and O–H groups in total. The molecule has 0 spiro atoms. The number of benzene rings is 4. The van der Waals surface area contributed by atoms with E-state index in [2.05, 4.69) is 47.0 Å². The Hall–Kier alpha value is -6.16. The molecule has 10 nitrogen and oxygen atoms in total. The number of anilines is 4. The molecule has 4 amide bonds. The van der Waals surface area contributed by atoms with Crippen LogP contribution < -0.4 is 26.0 Å². The van der Waals surface area contributed by atoms with Gasteiger partial charge in [-0.1, -0.05) is 80.9 Å². The maximum absolute atomic E-state index is 13.4. The number of nitrogens with zero attached hydrogens (tertiary/aromatic N) is 3. The van der Waals surface area contributed by atoms with Gasteiger partial charge in [-0.3, -0.25) is 10.6 Å². The fourth-order valence-electron chi connectivity index (χ4n) is 4.93. The summed E-state index contributed by atoms with van der Waals surface area (Å²) >= 11 is 0. The van der Waals surface area contributed by atoms with E-state index in [0.717, 1.165) is 27.7 Å². The van der Waals surface area contributed by atoms with Gasteiger partial charge >= 0.3 is 12.1 Å². The molecule has 47 heavy (non-hydrogen) atoms. The third-order valence-electron chi connectivity index (χ3n) is 7.36. The standard InChI is InChI=1S/C37H35N7O3/c1-24-14-16-26(17-15-24)44-34(23-32(43-44)37(2,3)4)42-36(46)40-30-18-19-31(29-13-9-8-12-28(29)30)47-27-20-21-38-33(22-27)41-35(45)39-25-10-6-5-7-11-25/h5-23H,1-4H3,(H2,40,42,46)(H2,38,39,41,45). The molecule has 0 saturated heterocycles. The normalized spacial score (nSPS) is 11.1. The van der Waals surface area contributed by atoms with Gasteiger partial charge in [0.25, 0.3) is 0 Å². The summed E-state index contributed by atoms with van der Waals surface area (Å²) < 4.78 is 7.99. The third-order valence-corrected chi connectivity index (χ3v) is 7.36. The number of hydrogen-bond acceptors (Lipinski definition) is 5. The van der Waals surface area contributed by atoms with Crippen molar-refractivity contribution in [2.24, 2.45) is 0 Å². The van der Waals surface area contributed by atoms with E-state index in [4.69, 9.17) is 9.84 Å². The zero-order valence-electron chi connectivity index (χ0n) is 26.5. The van der Waals surface area contributed by atoms with Crippen molar-refractivity contribution in [1.82, 2.24) is 14.8 Å². The van der Waals surface area contributed by atoms with Crippen LogP contribution in [0.25, 0.3) is 16.5 Å². The predicted molar refractivity (Wildman–Crippen MR) is 187 cm³/mol. The number of aryl methyl sites for hydroxylation is 1. The lowest BCUT2D eigenvalue weighted by atomic mass is 9.92. The number of pyridine rings is 1. The SMILES string of the molecule is Cc1ccc(-n2nc(C(C)(C)C)cc2NC(=O)Nc2ccc(Oc3ccnc(NC(=O)Nc4ccccc4)c3)c3ccccc23)cc1. The monoisotopic (exact) mass is 625 g/mol. The van der Waals surface area contributed by atoms with E-state index in [0.29, 0.717) is 34.5 Å². The van der Waals surface area contributed by atoms with E-state index in [1.54, 1.807) is 47.3 Å². The van der Waals surface area contributed by atoms with Gasteiger partial charge in [-0.15, -0.1) is 0 Å². The Balaban J connectivity index is 1.20. The summed E-state index contributed by atoms with van der Waals surface area (Å²) in [5.74, 6) is 1.94. The van der Waals surface area contributed by atoms with Crippen molar-refractivity contribution in [2.45, 2.75) is 33.1 Å². The Bertz CT molecular complexity index is 2050. The van der Waals surface area contributed by atoms with Gasteiger partial charge in [0.2, 0.25) is 0 Å². The zero-order valence-corrected chi connectivity index (χ0v) is 26.5. The van der Waals surface area contributed by atoms with E-state index >= 15 is 0 Å². The van der Waals surface area contributed by atoms with Gasteiger partial charge in [0.15, 0.2) is 0 Å². The van der Waals surface area contributed by atoms with Crippen molar-refractivity contribution in [3.05, 3.63) is 127 Å². The number of aromatic nitrogens is 3. The number of para-hydroxylation sites is 1. The molecule has 0 atom stereocenters. The molecule has 0 bridgehead atoms. The molecule has 0 radical (unpaired) electrons. The number of carbonyl (C=O) groups is 2. The molecule has 2 aromatic heterocycles. The molecule has 236 valence electrons. The summed E-state index contributed by atoms with van der Waals surface area (Å²) in [6.07, 6.45) is 1.56. The summed E-state index contributed by atoms with van der Waals surface area (Å²) in [7, 11) is 0. The Morgan fingerprint density at radius 3 is 2.17 bits per heavy atom. The van der Waals surface area contributed by atoms with E-state index in [1.165, 1.54) is 0 Å². The molecule has 0 unspecified atom stereocenters. The zero-order chi connectivity index (χ0) is 33.0. The molecule has 0 aliphatic rings. The summed E-state index contributed by atoms with van der Waals surface area (Å²) in [5.41, 5.74) is 3.90. The van der Waals surface area contributed by atoms with Gasteiger partial charge in [0.05, 0.1) is 17.1 Å². The summed E-state index contributed by atoms with van der Waals surface area (Å²) in [5, 5.41) is 17.9. The van der Waals surface area contributed by atoms with E-state index < -0.39 is 12.1 Å². The van der Waals surface area contributed by atoms with E-state index in [1.807, 2.05) is 79.7 Å². The van der Waals surface area contributed by atoms with Crippen molar-refractivity contribution in [1.29, 1.82) is 0 Å². The second kappa shape index (κ2) is 13.1. The second-order valence-electron chi connectivity index (χ2n) is 12.1. The molecule has 10 heteroatoms. The Labute approximate surface area is 272 Å². The summed E-state index contributed by atoms with van der Waals surface area (Å²) in [4.78, 5) is 30.1. The van der Waals surface area contributed by atoms with Crippen LogP contribution in [-0.2, 0) is 5.41 Å². The molecular formula is C37H35N7O3. The second-order valence-corrected chi connectivity index (χ2v) is 12.1. The van der Waals surface area contributed by atoms with Gasteiger partial charge < -0.3 is 15.4 Å². The van der Waals surface area contributed by atoms with Crippen molar-refractivity contribution in [2.75, 3.05) is 21.3 Å². The first kappa shape index (κ1) is 30.8. The number of hydrogen-bond donors (Lipinski definition) is 4. The number of nitrogens with one attached hydrogen (secondary N) is 4. The Morgan fingerprint density at radius 2 is 1.43 bits per heavy atom. The Kier molecular flexibility index (Phi) is 8.57. The van der Waals surface area contributed by atoms with Crippen molar-refractivity contribution in [3.8, 4) is 17.2 Å². The number of ether oxygens (including phenoxy) is 1. The van der Waals surface area contributed by atoms with Crippen molar-refractivity contribution in [3.63, 3.8) is 0 Å². The van der Waals surface area contributed by atoms with Crippen LogP contribution in [0.1, 0.15) is 32.0 Å². The highest BCUT2D eigenvalue weighted by molar-refractivity contribution is 6.07. The average Bonchev–Trinajstić information content (AvgIpc) is 3.47. The quantitative estimate of drug-likeness (QED) is 0.141. The number of urea groups is 2. The molecule has 0 aliphatic carbocycles. The maximum Gasteiger partial charge on any atom is 0.324 e. The number of fused-ring (bicyclic) bond motifs is 1. The Morgan fingerprint density at radius 1 is 0.723 bits per heavy atom. The van der Waals surface area contributed by atoms with Gasteiger partial charge in [0.1, 0.15) is 23.1 Å². The van der Waals surface area contributed by atoms with Crippen LogP contribution in [0.5, 0.6) is 11.5 Å². The maximum atomic E-state index is 13.4. The first-order valence-corrected chi connectivity index (χ1v) is 15.2. The van der Waals surface area contributed by atoms with E-state index in [9.17, 15) is 9.59 Å². The van der Waals surface area contributed by atoms with Crippen molar-refractivity contribution >= 4 is 45.8 Å². The topological polar surface area (TPSA) is 122 Å². The number of carbonyl (C=O) groups excluding carboxylic acids is 2. The van der Waals surface area contributed by atoms with Gasteiger partial charge in [-0.25, -0.2) is 19.3 Å². The van der Waals surface area contributed by atoms with Gasteiger partial charge in [-0.2, -0.15) is 5.10 Å². The molecule has 4 aromatic carbocycles.